The lowest BCUT2D eigenvalue weighted by Gasteiger charge is -2.34. The van der Waals surface area contributed by atoms with Gasteiger partial charge in [0.15, 0.2) is 5.65 Å². The largest absolute Gasteiger partial charge is 0.379 e. The van der Waals surface area contributed by atoms with E-state index in [1.165, 1.54) is 0 Å². The lowest BCUT2D eigenvalue weighted by atomic mass is 9.79. The molecular formula is C23H31F4N5O2. The molecule has 0 spiro atoms. The number of nitrogens with zero attached hydrogens (tertiary/aromatic N) is 3. The maximum Gasteiger partial charge on any atom is 0.248 e. The minimum Gasteiger partial charge on any atom is -0.379 e. The number of fused-ring (bicyclic) bond motifs is 1. The first-order chi connectivity index (χ1) is 16.0. The predicted octanol–water partition coefficient (Wildman–Crippen LogP) is 4.18. The topological polar surface area (TPSA) is 94.5 Å². The van der Waals surface area contributed by atoms with Crippen molar-refractivity contribution in [2.24, 2.45) is 17.6 Å². The fraction of sp³-hybridized carbons (Fsp3) is 0.696. The molecule has 0 unspecified atom stereocenters. The van der Waals surface area contributed by atoms with Gasteiger partial charge in [0, 0.05) is 44.3 Å². The van der Waals surface area contributed by atoms with Crippen molar-refractivity contribution in [3.8, 4) is 0 Å². The van der Waals surface area contributed by atoms with Gasteiger partial charge >= 0.3 is 0 Å². The number of aromatic nitrogens is 3. The van der Waals surface area contributed by atoms with Crippen molar-refractivity contribution in [3.05, 3.63) is 29.7 Å². The Morgan fingerprint density at radius 2 is 1.97 bits per heavy atom. The molecule has 2 aliphatic rings. The number of alkyl halides is 4. The van der Waals surface area contributed by atoms with Gasteiger partial charge in [0.1, 0.15) is 0 Å². The van der Waals surface area contributed by atoms with E-state index >= 15 is 0 Å². The van der Waals surface area contributed by atoms with E-state index in [9.17, 15) is 22.4 Å². The number of imidazole rings is 1. The summed E-state index contributed by atoms with van der Waals surface area (Å²) < 4.78 is 60.2. The van der Waals surface area contributed by atoms with Crippen molar-refractivity contribution in [2.45, 2.75) is 75.8 Å². The summed E-state index contributed by atoms with van der Waals surface area (Å²) in [6, 6.07) is 0.778. The highest BCUT2D eigenvalue weighted by Gasteiger charge is 2.45. The fourth-order valence-corrected chi connectivity index (χ4v) is 4.83. The standard InChI is InChI=1S/C23H31F4N5O2/c1-2-34-13-18(31-20(33)7-14-9-23(26,27)10-14)16-8-19-30-17(12-32(19)29-11-16)21(28)15-3-5-22(24,25)6-4-15/h8,11-12,14-15,18,21H,2-7,9-10,13,28H2,1H3,(H,31,33)/t18-,21-/m0/s1. The third-order valence-electron chi connectivity index (χ3n) is 6.85. The van der Waals surface area contributed by atoms with E-state index in [2.05, 4.69) is 15.4 Å². The first-order valence-corrected chi connectivity index (χ1v) is 11.8. The number of hydrogen-bond donors (Lipinski definition) is 2. The number of amides is 1. The number of carbonyl (C=O) groups is 1. The van der Waals surface area contributed by atoms with Gasteiger partial charge in [-0.1, -0.05) is 0 Å². The number of carbonyl (C=O) groups excluding carboxylic acids is 1. The quantitative estimate of drug-likeness (QED) is 0.520. The van der Waals surface area contributed by atoms with Crippen molar-refractivity contribution in [1.29, 1.82) is 0 Å². The molecule has 0 radical (unpaired) electrons. The second kappa shape index (κ2) is 9.77. The maximum atomic E-state index is 13.5. The van der Waals surface area contributed by atoms with E-state index in [4.69, 9.17) is 10.5 Å². The Morgan fingerprint density at radius 1 is 1.26 bits per heavy atom. The van der Waals surface area contributed by atoms with Gasteiger partial charge < -0.3 is 15.8 Å². The highest BCUT2D eigenvalue weighted by atomic mass is 19.3. The summed E-state index contributed by atoms with van der Waals surface area (Å²) in [7, 11) is 0. The maximum absolute atomic E-state index is 13.5. The molecule has 2 saturated carbocycles. The van der Waals surface area contributed by atoms with Crippen LogP contribution in [0.15, 0.2) is 18.5 Å². The minimum atomic E-state index is -2.66. The van der Waals surface area contributed by atoms with Crippen LogP contribution in [0, 0.1) is 11.8 Å². The van der Waals surface area contributed by atoms with E-state index in [1.54, 1.807) is 23.0 Å². The Balaban J connectivity index is 1.45. The first kappa shape index (κ1) is 24.8. The van der Waals surface area contributed by atoms with Crippen molar-refractivity contribution in [3.63, 3.8) is 0 Å². The van der Waals surface area contributed by atoms with Crippen molar-refractivity contribution in [1.82, 2.24) is 19.9 Å². The van der Waals surface area contributed by atoms with Crippen LogP contribution in [0.4, 0.5) is 17.6 Å². The molecule has 0 bridgehead atoms. The summed E-state index contributed by atoms with van der Waals surface area (Å²) in [5, 5.41) is 7.24. The summed E-state index contributed by atoms with van der Waals surface area (Å²) >= 11 is 0. The van der Waals surface area contributed by atoms with Crippen LogP contribution in [-0.2, 0) is 9.53 Å². The molecule has 3 N–H and O–H groups in total. The Kier molecular flexibility index (Phi) is 7.14. The molecule has 2 fully saturated rings. The van der Waals surface area contributed by atoms with Crippen LogP contribution in [0.1, 0.15) is 75.2 Å². The molecule has 0 aliphatic heterocycles. The number of ether oxygens (including phenoxy) is 1. The second-order valence-electron chi connectivity index (χ2n) is 9.59. The number of halogens is 4. The van der Waals surface area contributed by atoms with E-state index in [0.717, 1.165) is 0 Å². The molecule has 7 nitrogen and oxygen atoms in total. The third kappa shape index (κ3) is 5.86. The van der Waals surface area contributed by atoms with E-state index in [-0.39, 0.29) is 56.5 Å². The van der Waals surface area contributed by atoms with E-state index < -0.39 is 23.9 Å². The molecule has 0 aromatic carbocycles. The van der Waals surface area contributed by atoms with Crippen LogP contribution < -0.4 is 11.1 Å². The first-order valence-electron chi connectivity index (χ1n) is 11.8. The average molecular weight is 486 g/mol. The number of nitrogens with two attached hydrogens (primary N) is 1. The molecule has 11 heteroatoms. The van der Waals surface area contributed by atoms with Crippen molar-refractivity contribution in [2.75, 3.05) is 13.2 Å². The SMILES string of the molecule is CCOC[C@H](NC(=O)CC1CC(F)(F)C1)c1cnn2cc([C@@H](N)C3CCC(F)(F)CC3)nc2c1. The van der Waals surface area contributed by atoms with Crippen LogP contribution >= 0.6 is 0 Å². The second-order valence-corrected chi connectivity index (χ2v) is 9.59. The average Bonchev–Trinajstić information content (AvgIpc) is 3.18. The fourth-order valence-electron chi connectivity index (χ4n) is 4.83. The molecule has 2 atom stereocenters. The summed E-state index contributed by atoms with van der Waals surface area (Å²) in [5.74, 6) is -5.99. The number of nitrogens with one attached hydrogen (secondary N) is 1. The highest BCUT2D eigenvalue weighted by molar-refractivity contribution is 5.77. The van der Waals surface area contributed by atoms with Gasteiger partial charge in [0.2, 0.25) is 17.8 Å². The molecule has 188 valence electrons. The van der Waals surface area contributed by atoms with Gasteiger partial charge in [-0.3, -0.25) is 4.79 Å². The van der Waals surface area contributed by atoms with Crippen LogP contribution in [-0.4, -0.2) is 45.6 Å². The van der Waals surface area contributed by atoms with Gasteiger partial charge in [-0.25, -0.2) is 27.1 Å². The molecule has 0 saturated heterocycles. The van der Waals surface area contributed by atoms with Crippen LogP contribution in [0.2, 0.25) is 0 Å². The van der Waals surface area contributed by atoms with Gasteiger partial charge in [0.05, 0.1) is 36.8 Å². The van der Waals surface area contributed by atoms with Crippen LogP contribution in [0.5, 0.6) is 0 Å². The normalized spacial score (nSPS) is 22.3. The molecule has 1 amide bonds. The molecule has 4 rings (SSSR count). The molecule has 2 aromatic rings. The summed E-state index contributed by atoms with van der Waals surface area (Å²) in [6.07, 6.45) is 3.15. The molecule has 2 aliphatic carbocycles. The number of rotatable bonds is 9. The van der Waals surface area contributed by atoms with E-state index in [1.807, 2.05) is 6.92 Å². The van der Waals surface area contributed by atoms with Crippen LogP contribution in [0.3, 0.4) is 0 Å². The smallest absolute Gasteiger partial charge is 0.248 e. The molecule has 34 heavy (non-hydrogen) atoms. The molecule has 2 heterocycles. The zero-order valence-electron chi connectivity index (χ0n) is 19.2. The molecular weight excluding hydrogens is 454 g/mol. The monoisotopic (exact) mass is 485 g/mol. The van der Waals surface area contributed by atoms with E-state index in [0.29, 0.717) is 36.4 Å². The summed E-state index contributed by atoms with van der Waals surface area (Å²) in [6.45, 7) is 2.48. The van der Waals surface area contributed by atoms with Crippen LogP contribution in [0.25, 0.3) is 5.65 Å². The third-order valence-corrected chi connectivity index (χ3v) is 6.85. The Labute approximate surface area is 195 Å². The Morgan fingerprint density at radius 3 is 2.62 bits per heavy atom. The highest BCUT2D eigenvalue weighted by Crippen LogP contribution is 2.44. The van der Waals surface area contributed by atoms with Crippen molar-refractivity contribution >= 4 is 11.6 Å². The van der Waals surface area contributed by atoms with Gasteiger partial charge in [0.25, 0.3) is 0 Å². The summed E-state index contributed by atoms with van der Waals surface area (Å²) in [5.41, 5.74) is 8.11. The minimum absolute atomic E-state index is 0.0384. The zero-order chi connectivity index (χ0) is 24.5. The van der Waals surface area contributed by atoms with Gasteiger partial charge in [-0.2, -0.15) is 5.10 Å². The molecule has 2 aromatic heterocycles. The lowest BCUT2D eigenvalue weighted by Crippen LogP contribution is -2.40. The number of hydrogen-bond acceptors (Lipinski definition) is 5. The summed E-state index contributed by atoms with van der Waals surface area (Å²) in [4.78, 5) is 17.0. The lowest BCUT2D eigenvalue weighted by molar-refractivity contribution is -0.134. The van der Waals surface area contributed by atoms with Gasteiger partial charge in [-0.15, -0.1) is 0 Å². The van der Waals surface area contributed by atoms with Gasteiger partial charge in [-0.05, 0) is 37.7 Å². The Hall–Kier alpha value is -2.27. The zero-order valence-corrected chi connectivity index (χ0v) is 19.2. The van der Waals surface area contributed by atoms with Crippen molar-refractivity contribution < 1.29 is 27.1 Å². The predicted molar refractivity (Wildman–Crippen MR) is 116 cm³/mol. The Bertz CT molecular complexity index is 996.